The summed E-state index contributed by atoms with van der Waals surface area (Å²) in [7, 11) is 0. The zero-order valence-electron chi connectivity index (χ0n) is 11.7. The molecule has 1 amide bonds. The highest BCUT2D eigenvalue weighted by molar-refractivity contribution is 6.09. The van der Waals surface area contributed by atoms with Gasteiger partial charge in [0.05, 0.1) is 5.56 Å². The van der Waals surface area contributed by atoms with Crippen LogP contribution < -0.4 is 5.32 Å². The number of aromatic nitrogens is 1. The Balaban J connectivity index is 1.94. The largest absolute Gasteiger partial charge is 0.352 e. The van der Waals surface area contributed by atoms with Gasteiger partial charge >= 0.3 is 0 Å². The molecule has 3 aromatic rings. The summed E-state index contributed by atoms with van der Waals surface area (Å²) in [5.74, 6) is 0.0549. The van der Waals surface area contributed by atoms with Crippen LogP contribution >= 0.6 is 0 Å². The van der Waals surface area contributed by atoms with Crippen molar-refractivity contribution in [1.82, 2.24) is 9.88 Å². The van der Waals surface area contributed by atoms with Gasteiger partial charge in [-0.2, -0.15) is 0 Å². The summed E-state index contributed by atoms with van der Waals surface area (Å²) in [6.07, 6.45) is 0.891. The molecule has 2 aromatic carbocycles. The van der Waals surface area contributed by atoms with Crippen molar-refractivity contribution in [3.63, 3.8) is 0 Å². The van der Waals surface area contributed by atoms with E-state index in [2.05, 4.69) is 40.2 Å². The van der Waals surface area contributed by atoms with E-state index in [4.69, 9.17) is 0 Å². The van der Waals surface area contributed by atoms with Crippen LogP contribution in [-0.2, 0) is 13.0 Å². The minimum absolute atomic E-state index is 0.0549. The maximum atomic E-state index is 12.2. The van der Waals surface area contributed by atoms with Crippen LogP contribution in [0.5, 0.6) is 0 Å². The average Bonchev–Trinajstić information content (AvgIpc) is 2.84. The summed E-state index contributed by atoms with van der Waals surface area (Å²) in [5, 5.41) is 4.01. The molecule has 21 heavy (non-hydrogen) atoms. The maximum Gasteiger partial charge on any atom is 0.253 e. The summed E-state index contributed by atoms with van der Waals surface area (Å²) in [6.45, 7) is 1.53. The number of benzene rings is 2. The fraction of sp³-hybridized carbons (Fsp3) is 0.167. The van der Waals surface area contributed by atoms with Gasteiger partial charge in [-0.25, -0.2) is 0 Å². The Morgan fingerprint density at radius 3 is 2.62 bits per heavy atom. The molecule has 1 aliphatic heterocycles. The van der Waals surface area contributed by atoms with Gasteiger partial charge in [0.1, 0.15) is 0 Å². The maximum absolute atomic E-state index is 12.2. The fourth-order valence-electron chi connectivity index (χ4n) is 3.20. The lowest BCUT2D eigenvalue weighted by Gasteiger charge is -2.16. The molecule has 0 saturated heterocycles. The van der Waals surface area contributed by atoms with Crippen molar-refractivity contribution in [2.24, 2.45) is 0 Å². The molecule has 0 aliphatic carbocycles. The van der Waals surface area contributed by atoms with Crippen molar-refractivity contribution in [3.8, 4) is 0 Å². The molecule has 0 bridgehead atoms. The van der Waals surface area contributed by atoms with Gasteiger partial charge in [0.25, 0.3) is 5.91 Å². The highest BCUT2D eigenvalue weighted by atomic mass is 16.1. The van der Waals surface area contributed by atoms with Crippen molar-refractivity contribution in [3.05, 3.63) is 71.4 Å². The molecule has 1 aromatic heterocycles. The first-order valence-electron chi connectivity index (χ1n) is 7.27. The van der Waals surface area contributed by atoms with Crippen LogP contribution in [0.15, 0.2) is 54.6 Å². The fourth-order valence-corrected chi connectivity index (χ4v) is 3.20. The van der Waals surface area contributed by atoms with E-state index in [-0.39, 0.29) is 5.91 Å². The van der Waals surface area contributed by atoms with Gasteiger partial charge in [0.2, 0.25) is 0 Å². The van der Waals surface area contributed by atoms with Crippen molar-refractivity contribution < 1.29 is 4.79 Å². The van der Waals surface area contributed by atoms with Crippen molar-refractivity contribution in [2.75, 3.05) is 6.54 Å². The number of nitrogens with one attached hydrogen (secondary N) is 1. The van der Waals surface area contributed by atoms with E-state index >= 15 is 0 Å². The van der Waals surface area contributed by atoms with Gasteiger partial charge in [-0.15, -0.1) is 0 Å². The van der Waals surface area contributed by atoms with Gasteiger partial charge in [-0.3, -0.25) is 4.79 Å². The Bertz CT molecular complexity index is 818. The van der Waals surface area contributed by atoms with E-state index in [1.165, 1.54) is 5.56 Å². The van der Waals surface area contributed by atoms with Gasteiger partial charge < -0.3 is 9.88 Å². The third-order valence-electron chi connectivity index (χ3n) is 4.14. The van der Waals surface area contributed by atoms with Crippen LogP contribution in [0.3, 0.4) is 0 Å². The molecule has 1 aliphatic rings. The number of carbonyl (C=O) groups excluding carboxylic acids is 1. The Kier molecular flexibility index (Phi) is 2.78. The van der Waals surface area contributed by atoms with E-state index in [0.29, 0.717) is 0 Å². The highest BCUT2D eigenvalue weighted by Crippen LogP contribution is 2.29. The number of nitrogens with zero attached hydrogens (tertiary/aromatic N) is 1. The monoisotopic (exact) mass is 276 g/mol. The first-order valence-corrected chi connectivity index (χ1v) is 7.27. The quantitative estimate of drug-likeness (QED) is 0.767. The lowest BCUT2D eigenvalue weighted by molar-refractivity contribution is 0.0947. The van der Waals surface area contributed by atoms with Crippen molar-refractivity contribution in [1.29, 1.82) is 0 Å². The number of amides is 1. The first kappa shape index (κ1) is 12.2. The van der Waals surface area contributed by atoms with Crippen LogP contribution in [-0.4, -0.2) is 17.0 Å². The van der Waals surface area contributed by atoms with Crippen molar-refractivity contribution >= 4 is 16.8 Å². The molecular weight excluding hydrogens is 260 g/mol. The molecular formula is C18H16N2O. The molecule has 0 unspecified atom stereocenters. The van der Waals surface area contributed by atoms with Gasteiger partial charge in [0.15, 0.2) is 0 Å². The second-order valence-corrected chi connectivity index (χ2v) is 5.42. The Morgan fingerprint density at radius 2 is 1.76 bits per heavy atom. The van der Waals surface area contributed by atoms with E-state index in [1.807, 2.05) is 24.3 Å². The number of rotatable bonds is 2. The topological polar surface area (TPSA) is 34.0 Å². The third-order valence-corrected chi connectivity index (χ3v) is 4.14. The van der Waals surface area contributed by atoms with Crippen LogP contribution in [0, 0.1) is 0 Å². The minimum atomic E-state index is 0.0549. The normalized spacial score (nSPS) is 14.0. The van der Waals surface area contributed by atoms with E-state index in [0.717, 1.165) is 41.7 Å². The number of hydrogen-bond acceptors (Lipinski definition) is 1. The SMILES string of the molecule is O=C1NCCc2c1c1ccccc1n2Cc1ccccc1. The highest BCUT2D eigenvalue weighted by Gasteiger charge is 2.25. The zero-order valence-corrected chi connectivity index (χ0v) is 11.7. The smallest absolute Gasteiger partial charge is 0.253 e. The molecule has 2 heterocycles. The summed E-state index contributed by atoms with van der Waals surface area (Å²) in [4.78, 5) is 12.2. The van der Waals surface area contributed by atoms with Crippen LogP contribution in [0.1, 0.15) is 21.6 Å². The summed E-state index contributed by atoms with van der Waals surface area (Å²) in [5.41, 5.74) is 4.41. The van der Waals surface area contributed by atoms with Crippen LogP contribution in [0.25, 0.3) is 10.9 Å². The first-order chi connectivity index (χ1) is 10.3. The standard InChI is InChI=1S/C18H16N2O/c21-18-17-14-8-4-5-9-15(14)20(16(17)10-11-19-18)12-13-6-2-1-3-7-13/h1-9H,10-12H2,(H,19,21). The van der Waals surface area contributed by atoms with Crippen LogP contribution in [0.2, 0.25) is 0 Å². The predicted octanol–water partition coefficient (Wildman–Crippen LogP) is 2.98. The van der Waals surface area contributed by atoms with Gasteiger partial charge in [-0.1, -0.05) is 48.5 Å². The third kappa shape index (κ3) is 1.93. The van der Waals surface area contributed by atoms with E-state index in [1.54, 1.807) is 0 Å². The van der Waals surface area contributed by atoms with Gasteiger partial charge in [-0.05, 0) is 11.6 Å². The van der Waals surface area contributed by atoms with E-state index < -0.39 is 0 Å². The molecule has 0 atom stereocenters. The number of fused-ring (bicyclic) bond motifs is 3. The Hall–Kier alpha value is -2.55. The average molecular weight is 276 g/mol. The van der Waals surface area contributed by atoms with Gasteiger partial charge in [0, 0.05) is 36.1 Å². The molecule has 4 rings (SSSR count). The second-order valence-electron chi connectivity index (χ2n) is 5.42. The molecule has 0 fully saturated rings. The summed E-state index contributed by atoms with van der Waals surface area (Å²) in [6, 6.07) is 18.6. The second kappa shape index (κ2) is 4.77. The number of hydrogen-bond donors (Lipinski definition) is 1. The number of para-hydroxylation sites is 1. The molecule has 0 radical (unpaired) electrons. The molecule has 104 valence electrons. The van der Waals surface area contributed by atoms with Crippen LogP contribution in [0.4, 0.5) is 0 Å². The predicted molar refractivity (Wildman–Crippen MR) is 83.5 cm³/mol. The summed E-state index contributed by atoms with van der Waals surface area (Å²) < 4.78 is 2.29. The lowest BCUT2D eigenvalue weighted by atomic mass is 10.1. The summed E-state index contributed by atoms with van der Waals surface area (Å²) >= 11 is 0. The molecule has 1 N–H and O–H groups in total. The zero-order chi connectivity index (χ0) is 14.2. The molecule has 0 spiro atoms. The molecule has 3 nitrogen and oxygen atoms in total. The Labute approximate surface area is 123 Å². The molecule has 3 heteroatoms. The number of carbonyl (C=O) groups is 1. The Morgan fingerprint density at radius 1 is 1.00 bits per heavy atom. The lowest BCUT2D eigenvalue weighted by Crippen LogP contribution is -2.32. The van der Waals surface area contributed by atoms with Crippen molar-refractivity contribution in [2.45, 2.75) is 13.0 Å². The minimum Gasteiger partial charge on any atom is -0.352 e. The van der Waals surface area contributed by atoms with E-state index in [9.17, 15) is 4.79 Å². The molecule has 0 saturated carbocycles.